The van der Waals surface area contributed by atoms with E-state index in [0.29, 0.717) is 22.5 Å². The Morgan fingerprint density at radius 2 is 1.82 bits per heavy atom. The lowest BCUT2D eigenvalue weighted by molar-refractivity contribution is 0.104. The molecule has 2 heterocycles. The van der Waals surface area contributed by atoms with Gasteiger partial charge in [-0.05, 0) is 18.2 Å². The molecule has 2 aromatic carbocycles. The van der Waals surface area contributed by atoms with Crippen molar-refractivity contribution in [1.82, 2.24) is 5.32 Å². The van der Waals surface area contributed by atoms with Gasteiger partial charge in [0.25, 0.3) is 10.0 Å². The first kappa shape index (κ1) is 17.2. The average Bonchev–Trinajstić information content (AvgIpc) is 2.99. The normalized spacial score (nSPS) is 19.7. The molecule has 2 N–H and O–H groups in total. The van der Waals surface area contributed by atoms with E-state index in [2.05, 4.69) is 19.9 Å². The van der Waals surface area contributed by atoms with Crippen LogP contribution in [-0.4, -0.2) is 46.1 Å². The van der Waals surface area contributed by atoms with E-state index in [1.807, 2.05) is 24.3 Å². The van der Waals surface area contributed by atoms with Gasteiger partial charge in [0.1, 0.15) is 5.71 Å². The number of ketones is 1. The van der Waals surface area contributed by atoms with Crippen LogP contribution in [0.1, 0.15) is 15.9 Å². The number of para-hydroxylation sites is 2. The van der Waals surface area contributed by atoms with Crippen molar-refractivity contribution in [1.29, 1.82) is 0 Å². The second kappa shape index (κ2) is 6.29. The summed E-state index contributed by atoms with van der Waals surface area (Å²) in [4.78, 5) is 15.0. The minimum absolute atomic E-state index is 0.0936. The Morgan fingerprint density at radius 3 is 2.64 bits per heavy atom. The maximum atomic E-state index is 12.6. The van der Waals surface area contributed by atoms with Gasteiger partial charge in [-0.1, -0.05) is 24.3 Å². The van der Waals surface area contributed by atoms with Crippen LogP contribution < -0.4 is 15.5 Å². The van der Waals surface area contributed by atoms with Crippen LogP contribution in [0.3, 0.4) is 0 Å². The van der Waals surface area contributed by atoms with Crippen LogP contribution in [-0.2, 0) is 10.0 Å². The van der Waals surface area contributed by atoms with Gasteiger partial charge < -0.3 is 15.5 Å². The Labute approximate surface area is 162 Å². The summed E-state index contributed by atoms with van der Waals surface area (Å²) in [5, 5.41) is 6.60. The number of anilines is 2. The Morgan fingerprint density at radius 1 is 1.04 bits per heavy atom. The van der Waals surface area contributed by atoms with Gasteiger partial charge in [-0.15, -0.1) is 0 Å². The first-order valence-electron chi connectivity index (χ1n) is 9.11. The van der Waals surface area contributed by atoms with Gasteiger partial charge in [0, 0.05) is 43.4 Å². The van der Waals surface area contributed by atoms with Crippen molar-refractivity contribution >= 4 is 32.9 Å². The Kier molecular flexibility index (Phi) is 3.85. The zero-order valence-electron chi connectivity index (χ0n) is 15.0. The molecule has 0 saturated carbocycles. The first-order valence-corrected chi connectivity index (χ1v) is 10.5. The second-order valence-corrected chi connectivity index (χ2v) is 8.47. The highest BCUT2D eigenvalue weighted by atomic mass is 32.2. The molecule has 0 aromatic heterocycles. The SMILES string of the molecule is O=C1C=C(Nc2ccccc2N2CCNCC2)C2=NS(=O)(=O)c3cccc1c32. The number of nitrogens with zero attached hydrogens (tertiary/aromatic N) is 2. The molecule has 7 nitrogen and oxygen atoms in total. The Bertz CT molecular complexity index is 1160. The quantitative estimate of drug-likeness (QED) is 0.825. The fourth-order valence-electron chi connectivity index (χ4n) is 3.87. The molecule has 8 heteroatoms. The van der Waals surface area contributed by atoms with E-state index < -0.39 is 10.0 Å². The minimum atomic E-state index is -3.79. The largest absolute Gasteiger partial charge is 0.367 e. The van der Waals surface area contributed by atoms with Crippen LogP contribution in [0.2, 0.25) is 0 Å². The van der Waals surface area contributed by atoms with Crippen molar-refractivity contribution in [3.8, 4) is 0 Å². The van der Waals surface area contributed by atoms with Crippen LogP contribution in [0.5, 0.6) is 0 Å². The fraction of sp³-hybridized carbons (Fsp3) is 0.200. The number of carbonyl (C=O) groups is 1. The third-order valence-corrected chi connectivity index (χ3v) is 6.50. The van der Waals surface area contributed by atoms with Crippen LogP contribution >= 0.6 is 0 Å². The lowest BCUT2D eigenvalue weighted by Gasteiger charge is -2.31. The number of nitrogens with one attached hydrogen (secondary N) is 2. The predicted molar refractivity (Wildman–Crippen MR) is 108 cm³/mol. The van der Waals surface area contributed by atoms with Crippen molar-refractivity contribution < 1.29 is 13.2 Å². The molecule has 0 bridgehead atoms. The van der Waals surface area contributed by atoms with Gasteiger partial charge in [-0.2, -0.15) is 12.8 Å². The van der Waals surface area contributed by atoms with Crippen LogP contribution in [0, 0.1) is 0 Å². The molecule has 1 aliphatic carbocycles. The lowest BCUT2D eigenvalue weighted by Crippen LogP contribution is -2.43. The molecule has 1 saturated heterocycles. The summed E-state index contributed by atoms with van der Waals surface area (Å²) < 4.78 is 28.9. The summed E-state index contributed by atoms with van der Waals surface area (Å²) in [6, 6.07) is 12.5. The molecule has 5 rings (SSSR count). The van der Waals surface area contributed by atoms with Crippen molar-refractivity contribution in [3.05, 3.63) is 65.4 Å². The third kappa shape index (κ3) is 2.64. The van der Waals surface area contributed by atoms with E-state index in [9.17, 15) is 13.2 Å². The predicted octanol–water partition coefficient (Wildman–Crippen LogP) is 1.78. The van der Waals surface area contributed by atoms with Gasteiger partial charge >= 0.3 is 0 Å². The molecular weight excluding hydrogens is 376 g/mol. The highest BCUT2D eigenvalue weighted by molar-refractivity contribution is 7.90. The standard InChI is InChI=1S/C20H18N4O3S/c25-17-12-15(20-19-13(17)4-3-7-18(19)28(26,27)23-20)22-14-5-1-2-6-16(14)24-10-8-21-9-11-24/h1-7,12,21-22H,8-11H2. The van der Waals surface area contributed by atoms with Crippen LogP contribution in [0.15, 0.2) is 63.5 Å². The van der Waals surface area contributed by atoms with Gasteiger partial charge in [0.2, 0.25) is 0 Å². The van der Waals surface area contributed by atoms with Crippen molar-refractivity contribution in [2.24, 2.45) is 4.40 Å². The van der Waals surface area contributed by atoms with E-state index >= 15 is 0 Å². The summed E-state index contributed by atoms with van der Waals surface area (Å²) in [5.41, 5.74) is 3.32. The summed E-state index contributed by atoms with van der Waals surface area (Å²) in [7, 11) is -3.79. The monoisotopic (exact) mass is 394 g/mol. The number of hydrogen-bond acceptors (Lipinski definition) is 6. The highest BCUT2D eigenvalue weighted by Gasteiger charge is 2.37. The van der Waals surface area contributed by atoms with E-state index in [1.54, 1.807) is 12.1 Å². The topological polar surface area (TPSA) is 90.9 Å². The third-order valence-electron chi connectivity index (χ3n) is 5.18. The van der Waals surface area contributed by atoms with E-state index in [4.69, 9.17) is 0 Å². The van der Waals surface area contributed by atoms with Gasteiger partial charge in [0.05, 0.1) is 22.0 Å². The van der Waals surface area contributed by atoms with E-state index in [-0.39, 0.29) is 10.7 Å². The lowest BCUT2D eigenvalue weighted by atomic mass is 9.92. The van der Waals surface area contributed by atoms with E-state index in [0.717, 1.165) is 37.6 Å². The molecule has 142 valence electrons. The van der Waals surface area contributed by atoms with Crippen molar-refractivity contribution in [2.75, 3.05) is 36.4 Å². The number of hydrogen-bond donors (Lipinski definition) is 2. The number of carbonyl (C=O) groups excluding carboxylic acids is 1. The molecule has 1 fully saturated rings. The summed E-state index contributed by atoms with van der Waals surface area (Å²) in [5.74, 6) is -0.227. The van der Waals surface area contributed by atoms with Crippen LogP contribution in [0.25, 0.3) is 0 Å². The number of rotatable bonds is 3. The minimum Gasteiger partial charge on any atom is -0.367 e. The maximum absolute atomic E-state index is 12.6. The molecular formula is C20H18N4O3S. The molecule has 0 radical (unpaired) electrons. The Balaban J connectivity index is 1.57. The van der Waals surface area contributed by atoms with Gasteiger partial charge in [-0.3, -0.25) is 4.79 Å². The zero-order chi connectivity index (χ0) is 19.3. The average molecular weight is 394 g/mol. The summed E-state index contributed by atoms with van der Waals surface area (Å²) >= 11 is 0. The Hall–Kier alpha value is -2.97. The molecule has 0 amide bonds. The number of benzene rings is 2. The molecule has 2 aromatic rings. The molecule has 0 atom stereocenters. The molecule has 2 aliphatic heterocycles. The number of allylic oxidation sites excluding steroid dienone is 2. The zero-order valence-corrected chi connectivity index (χ0v) is 15.8. The van der Waals surface area contributed by atoms with Gasteiger partial charge in [-0.25, -0.2) is 0 Å². The number of sulfonamides is 1. The van der Waals surface area contributed by atoms with Crippen molar-refractivity contribution in [2.45, 2.75) is 4.90 Å². The van der Waals surface area contributed by atoms with E-state index in [1.165, 1.54) is 12.1 Å². The molecule has 3 aliphatic rings. The molecule has 0 spiro atoms. The smallest absolute Gasteiger partial charge is 0.283 e. The maximum Gasteiger partial charge on any atom is 0.283 e. The second-order valence-electron chi connectivity index (χ2n) is 6.90. The fourth-order valence-corrected chi connectivity index (χ4v) is 5.12. The summed E-state index contributed by atoms with van der Waals surface area (Å²) in [6.45, 7) is 3.55. The highest BCUT2D eigenvalue weighted by Crippen LogP contribution is 2.36. The number of piperazine rings is 1. The first-order chi connectivity index (χ1) is 13.5. The molecule has 0 unspecified atom stereocenters. The van der Waals surface area contributed by atoms with Crippen molar-refractivity contribution in [3.63, 3.8) is 0 Å². The molecule has 28 heavy (non-hydrogen) atoms. The summed E-state index contributed by atoms with van der Waals surface area (Å²) in [6.07, 6.45) is 1.43. The van der Waals surface area contributed by atoms with Crippen LogP contribution in [0.4, 0.5) is 11.4 Å². The van der Waals surface area contributed by atoms with Gasteiger partial charge in [0.15, 0.2) is 5.78 Å².